The summed E-state index contributed by atoms with van der Waals surface area (Å²) in [5, 5.41) is 4.02. The largest absolute Gasteiger partial charge is 0.326 e. The molecule has 0 bridgehead atoms. The second kappa shape index (κ2) is 4.69. The van der Waals surface area contributed by atoms with Gasteiger partial charge in [-0.1, -0.05) is 20.8 Å². The molecule has 1 amide bonds. The van der Waals surface area contributed by atoms with Crippen LogP contribution in [0.25, 0.3) is 10.2 Å². The first kappa shape index (κ1) is 13.0. The Labute approximate surface area is 111 Å². The Morgan fingerprint density at radius 1 is 1.44 bits per heavy atom. The highest BCUT2D eigenvalue weighted by Gasteiger charge is 2.25. The van der Waals surface area contributed by atoms with Crippen LogP contribution in [0, 0.1) is 12.3 Å². The van der Waals surface area contributed by atoms with Crippen molar-refractivity contribution in [3.8, 4) is 0 Å². The van der Waals surface area contributed by atoms with Gasteiger partial charge < -0.3 is 5.32 Å². The molecule has 0 atom stereocenters. The third-order valence-corrected chi connectivity index (χ3v) is 4.19. The summed E-state index contributed by atoms with van der Waals surface area (Å²) >= 11 is 1.64. The van der Waals surface area contributed by atoms with Crippen LogP contribution in [0.5, 0.6) is 0 Å². The van der Waals surface area contributed by atoms with Crippen LogP contribution < -0.4 is 5.32 Å². The van der Waals surface area contributed by atoms with Crippen molar-refractivity contribution in [2.24, 2.45) is 5.41 Å². The lowest BCUT2D eigenvalue weighted by Gasteiger charge is -2.21. The lowest BCUT2D eigenvalue weighted by molar-refractivity contribution is -0.124. The van der Waals surface area contributed by atoms with E-state index in [1.54, 1.807) is 11.3 Å². The highest BCUT2D eigenvalue weighted by molar-refractivity contribution is 7.18. The summed E-state index contributed by atoms with van der Waals surface area (Å²) in [6.45, 7) is 7.92. The van der Waals surface area contributed by atoms with E-state index in [0.717, 1.165) is 27.3 Å². The number of nitrogens with one attached hydrogen (secondary N) is 1. The molecule has 96 valence electrons. The molecule has 0 saturated heterocycles. The summed E-state index contributed by atoms with van der Waals surface area (Å²) in [7, 11) is 0. The second-order valence-corrected chi connectivity index (χ2v) is 6.34. The first-order chi connectivity index (χ1) is 8.42. The van der Waals surface area contributed by atoms with Gasteiger partial charge in [-0.3, -0.25) is 4.79 Å². The lowest BCUT2D eigenvalue weighted by atomic mass is 9.89. The van der Waals surface area contributed by atoms with Crippen molar-refractivity contribution in [1.29, 1.82) is 0 Å². The van der Waals surface area contributed by atoms with Gasteiger partial charge in [0, 0.05) is 11.1 Å². The number of hydrogen-bond donors (Lipinski definition) is 1. The fourth-order valence-electron chi connectivity index (χ4n) is 1.58. The molecule has 0 fully saturated rings. The molecule has 1 aromatic heterocycles. The molecular weight excluding hydrogens is 244 g/mol. The quantitative estimate of drug-likeness (QED) is 0.909. The van der Waals surface area contributed by atoms with Gasteiger partial charge in [0.05, 0.1) is 15.2 Å². The molecule has 1 aromatic carbocycles. The zero-order valence-corrected chi connectivity index (χ0v) is 12.0. The number of carbonyl (C=O) groups is 1. The van der Waals surface area contributed by atoms with Crippen LogP contribution in [0.3, 0.4) is 0 Å². The Morgan fingerprint density at radius 3 is 2.83 bits per heavy atom. The maximum Gasteiger partial charge on any atom is 0.230 e. The normalized spacial score (nSPS) is 11.8. The Kier molecular flexibility index (Phi) is 3.39. The van der Waals surface area contributed by atoms with E-state index < -0.39 is 0 Å². The fourth-order valence-corrected chi connectivity index (χ4v) is 2.44. The summed E-state index contributed by atoms with van der Waals surface area (Å²) in [5.41, 5.74) is 1.50. The third kappa shape index (κ3) is 2.53. The van der Waals surface area contributed by atoms with Crippen LogP contribution in [0.4, 0.5) is 5.69 Å². The van der Waals surface area contributed by atoms with Crippen molar-refractivity contribution in [2.75, 3.05) is 5.32 Å². The van der Waals surface area contributed by atoms with Crippen molar-refractivity contribution in [1.82, 2.24) is 4.98 Å². The van der Waals surface area contributed by atoms with E-state index in [1.165, 1.54) is 0 Å². The number of anilines is 1. The Balaban J connectivity index is 2.24. The number of aryl methyl sites for hydroxylation is 1. The number of aromatic nitrogens is 1. The van der Waals surface area contributed by atoms with Crippen molar-refractivity contribution in [2.45, 2.75) is 34.1 Å². The fraction of sp³-hybridized carbons (Fsp3) is 0.429. The number of amides is 1. The van der Waals surface area contributed by atoms with Gasteiger partial charge in [0.15, 0.2) is 0 Å². The van der Waals surface area contributed by atoms with Crippen LogP contribution in [-0.2, 0) is 4.79 Å². The topological polar surface area (TPSA) is 42.0 Å². The molecule has 2 aromatic rings. The monoisotopic (exact) mass is 262 g/mol. The predicted molar refractivity (Wildman–Crippen MR) is 77.1 cm³/mol. The maximum atomic E-state index is 12.1. The van der Waals surface area contributed by atoms with Crippen molar-refractivity contribution >= 4 is 33.1 Å². The molecule has 0 unspecified atom stereocenters. The number of thiazole rings is 1. The first-order valence-electron chi connectivity index (χ1n) is 6.11. The van der Waals surface area contributed by atoms with Gasteiger partial charge in [-0.25, -0.2) is 4.98 Å². The van der Waals surface area contributed by atoms with Crippen LogP contribution in [0.15, 0.2) is 18.2 Å². The van der Waals surface area contributed by atoms with Gasteiger partial charge in [-0.2, -0.15) is 0 Å². The Morgan fingerprint density at radius 2 is 2.17 bits per heavy atom. The lowest BCUT2D eigenvalue weighted by Crippen LogP contribution is -2.29. The number of benzene rings is 1. The zero-order valence-electron chi connectivity index (χ0n) is 11.2. The molecule has 3 nitrogen and oxygen atoms in total. The molecule has 0 aliphatic carbocycles. The van der Waals surface area contributed by atoms with Crippen LogP contribution in [0.2, 0.25) is 0 Å². The molecule has 1 N–H and O–H groups in total. The summed E-state index contributed by atoms with van der Waals surface area (Å²) in [4.78, 5) is 16.5. The van der Waals surface area contributed by atoms with Gasteiger partial charge in [0.25, 0.3) is 0 Å². The standard InChI is InChI=1S/C14H18N2OS/c1-5-14(3,4)13(17)16-10-6-7-11-12(8-10)18-9(2)15-11/h6-8H,5H2,1-4H3,(H,16,17). The van der Waals surface area contributed by atoms with Gasteiger partial charge >= 0.3 is 0 Å². The molecule has 1 heterocycles. The van der Waals surface area contributed by atoms with Gasteiger partial charge in [-0.15, -0.1) is 11.3 Å². The number of fused-ring (bicyclic) bond motifs is 1. The van der Waals surface area contributed by atoms with Crippen LogP contribution in [-0.4, -0.2) is 10.9 Å². The van der Waals surface area contributed by atoms with E-state index in [4.69, 9.17) is 0 Å². The van der Waals surface area contributed by atoms with E-state index in [-0.39, 0.29) is 11.3 Å². The highest BCUT2D eigenvalue weighted by Crippen LogP contribution is 2.27. The van der Waals surface area contributed by atoms with E-state index in [0.29, 0.717) is 0 Å². The van der Waals surface area contributed by atoms with Gasteiger partial charge in [0.1, 0.15) is 0 Å². The second-order valence-electron chi connectivity index (χ2n) is 5.11. The molecule has 0 spiro atoms. The average Bonchev–Trinajstić information content (AvgIpc) is 2.68. The summed E-state index contributed by atoms with van der Waals surface area (Å²) in [6, 6.07) is 5.85. The highest BCUT2D eigenvalue weighted by atomic mass is 32.1. The minimum atomic E-state index is -0.335. The van der Waals surface area contributed by atoms with Crippen LogP contribution in [0.1, 0.15) is 32.2 Å². The first-order valence-corrected chi connectivity index (χ1v) is 6.92. The maximum absolute atomic E-state index is 12.1. The number of hydrogen-bond acceptors (Lipinski definition) is 3. The third-order valence-electron chi connectivity index (χ3n) is 3.25. The van der Waals surface area contributed by atoms with Gasteiger partial charge in [-0.05, 0) is 31.5 Å². The molecule has 0 aliphatic heterocycles. The average molecular weight is 262 g/mol. The molecule has 2 rings (SSSR count). The minimum Gasteiger partial charge on any atom is -0.326 e. The smallest absolute Gasteiger partial charge is 0.230 e. The summed E-state index contributed by atoms with van der Waals surface area (Å²) < 4.78 is 1.11. The molecule has 0 aliphatic rings. The van der Waals surface area contributed by atoms with E-state index >= 15 is 0 Å². The van der Waals surface area contributed by atoms with Crippen molar-refractivity contribution in [3.63, 3.8) is 0 Å². The Hall–Kier alpha value is -1.42. The predicted octanol–water partition coefficient (Wildman–Crippen LogP) is 3.98. The van der Waals surface area contributed by atoms with Crippen molar-refractivity contribution < 1.29 is 4.79 Å². The molecule has 0 radical (unpaired) electrons. The van der Waals surface area contributed by atoms with E-state index in [2.05, 4.69) is 10.3 Å². The zero-order chi connectivity index (χ0) is 13.3. The molecule has 0 saturated carbocycles. The van der Waals surface area contributed by atoms with Crippen molar-refractivity contribution in [3.05, 3.63) is 23.2 Å². The minimum absolute atomic E-state index is 0.0607. The van der Waals surface area contributed by atoms with Gasteiger partial charge in [0.2, 0.25) is 5.91 Å². The summed E-state index contributed by atoms with van der Waals surface area (Å²) in [5.74, 6) is 0.0607. The Bertz CT molecular complexity index is 586. The molecule has 4 heteroatoms. The van der Waals surface area contributed by atoms with E-state index in [9.17, 15) is 4.79 Å². The number of nitrogens with zero attached hydrogens (tertiary/aromatic N) is 1. The molecule has 18 heavy (non-hydrogen) atoms. The number of carbonyl (C=O) groups excluding carboxylic acids is 1. The van der Waals surface area contributed by atoms with Crippen LogP contribution >= 0.6 is 11.3 Å². The molecular formula is C14H18N2OS. The summed E-state index contributed by atoms with van der Waals surface area (Å²) in [6.07, 6.45) is 0.820. The van der Waals surface area contributed by atoms with E-state index in [1.807, 2.05) is 45.9 Å². The number of rotatable bonds is 3. The SMILES string of the molecule is CCC(C)(C)C(=O)Nc1ccc2nc(C)sc2c1.